The quantitative estimate of drug-likeness (QED) is 0.848. The summed E-state index contributed by atoms with van der Waals surface area (Å²) in [4.78, 5) is 25.7. The topological polar surface area (TPSA) is 85.3 Å². The lowest BCUT2D eigenvalue weighted by Gasteiger charge is -2.36. The van der Waals surface area contributed by atoms with Crippen LogP contribution in [0.2, 0.25) is 0 Å². The molecule has 1 aliphatic rings. The first kappa shape index (κ1) is 19.5. The molecule has 0 bridgehead atoms. The van der Waals surface area contributed by atoms with E-state index in [1.54, 1.807) is 45.0 Å². The molecule has 1 amide bonds. The van der Waals surface area contributed by atoms with Gasteiger partial charge in [-0.25, -0.2) is 4.79 Å². The van der Waals surface area contributed by atoms with Crippen molar-refractivity contribution in [3.05, 3.63) is 53.6 Å². The normalized spacial score (nSPS) is 14.9. The Morgan fingerprint density at radius 1 is 1.11 bits per heavy atom. The number of hydrogen-bond acceptors (Lipinski definition) is 5. The van der Waals surface area contributed by atoms with Crippen LogP contribution in [0, 0.1) is 0 Å². The zero-order valence-electron chi connectivity index (χ0n) is 16.3. The van der Waals surface area contributed by atoms with E-state index >= 15 is 0 Å². The number of amides is 1. The number of hydrogen-bond donors (Lipinski definition) is 1. The number of carboxylic acids is 1. The third kappa shape index (κ3) is 4.03. The SMILES string of the molecule is COc1ccc2c(c1)C(N(CC(=O)O)C(=O)OC(C)(C)C)c1ccccc1O2. The van der Waals surface area contributed by atoms with Gasteiger partial charge in [0.2, 0.25) is 0 Å². The Morgan fingerprint density at radius 2 is 1.79 bits per heavy atom. The average Bonchev–Trinajstić information content (AvgIpc) is 2.62. The highest BCUT2D eigenvalue weighted by atomic mass is 16.6. The monoisotopic (exact) mass is 385 g/mol. The maximum Gasteiger partial charge on any atom is 0.411 e. The van der Waals surface area contributed by atoms with Crippen molar-refractivity contribution < 1.29 is 28.9 Å². The lowest BCUT2D eigenvalue weighted by molar-refractivity contribution is -0.138. The van der Waals surface area contributed by atoms with E-state index in [9.17, 15) is 14.7 Å². The molecule has 7 heteroatoms. The van der Waals surface area contributed by atoms with E-state index in [4.69, 9.17) is 14.2 Å². The summed E-state index contributed by atoms with van der Waals surface area (Å²) >= 11 is 0. The Balaban J connectivity index is 2.15. The number of carboxylic acid groups (broad SMARTS) is 1. The van der Waals surface area contributed by atoms with Crippen molar-refractivity contribution >= 4 is 12.1 Å². The van der Waals surface area contributed by atoms with E-state index in [1.165, 1.54) is 12.0 Å². The first-order valence-electron chi connectivity index (χ1n) is 8.86. The number of rotatable bonds is 4. The zero-order valence-corrected chi connectivity index (χ0v) is 16.3. The number of nitrogens with zero attached hydrogens (tertiary/aromatic N) is 1. The predicted molar refractivity (Wildman–Crippen MR) is 102 cm³/mol. The van der Waals surface area contributed by atoms with Crippen LogP contribution in [0.15, 0.2) is 42.5 Å². The molecule has 0 radical (unpaired) electrons. The van der Waals surface area contributed by atoms with Gasteiger partial charge in [0.05, 0.1) is 13.2 Å². The van der Waals surface area contributed by atoms with Crippen LogP contribution in [0.4, 0.5) is 4.79 Å². The van der Waals surface area contributed by atoms with Crippen molar-refractivity contribution in [1.82, 2.24) is 4.90 Å². The summed E-state index contributed by atoms with van der Waals surface area (Å²) < 4.78 is 16.8. The van der Waals surface area contributed by atoms with E-state index in [0.717, 1.165) is 0 Å². The molecule has 0 fully saturated rings. The molecule has 3 rings (SSSR count). The van der Waals surface area contributed by atoms with Crippen molar-refractivity contribution in [2.75, 3.05) is 13.7 Å². The molecule has 1 unspecified atom stereocenters. The second-order valence-electron chi connectivity index (χ2n) is 7.45. The van der Waals surface area contributed by atoms with Gasteiger partial charge in [-0.1, -0.05) is 18.2 Å². The second-order valence-corrected chi connectivity index (χ2v) is 7.45. The summed E-state index contributed by atoms with van der Waals surface area (Å²) in [7, 11) is 1.54. The van der Waals surface area contributed by atoms with Gasteiger partial charge in [0.25, 0.3) is 0 Å². The molecule has 0 aliphatic carbocycles. The maximum atomic E-state index is 12.9. The number of carbonyl (C=O) groups excluding carboxylic acids is 1. The van der Waals surface area contributed by atoms with Crippen LogP contribution in [-0.4, -0.2) is 41.3 Å². The predicted octanol–water partition coefficient (Wildman–Crippen LogP) is 4.21. The van der Waals surface area contributed by atoms with Gasteiger partial charge in [-0.15, -0.1) is 0 Å². The molecule has 28 heavy (non-hydrogen) atoms. The Kier molecular flexibility index (Phi) is 5.18. The van der Waals surface area contributed by atoms with Gasteiger partial charge < -0.3 is 19.3 Å². The average molecular weight is 385 g/mol. The number of fused-ring (bicyclic) bond motifs is 2. The van der Waals surface area contributed by atoms with Crippen molar-refractivity contribution in [1.29, 1.82) is 0 Å². The van der Waals surface area contributed by atoms with Gasteiger partial charge in [-0.3, -0.25) is 9.69 Å². The molecule has 148 valence electrons. The standard InChI is InChI=1S/C21H23NO6/c1-21(2,3)28-20(25)22(12-18(23)24)19-14-7-5-6-8-16(14)27-17-10-9-13(26-4)11-15(17)19/h5-11,19H,12H2,1-4H3,(H,23,24). The fourth-order valence-corrected chi connectivity index (χ4v) is 3.11. The Bertz CT molecular complexity index is 902. The number of carbonyl (C=O) groups is 2. The molecule has 2 aromatic carbocycles. The second kappa shape index (κ2) is 7.42. The summed E-state index contributed by atoms with van der Waals surface area (Å²) in [6, 6.07) is 11.8. The largest absolute Gasteiger partial charge is 0.497 e. The number of para-hydroxylation sites is 1. The molecule has 2 aromatic rings. The van der Waals surface area contributed by atoms with E-state index in [-0.39, 0.29) is 0 Å². The Morgan fingerprint density at radius 3 is 2.43 bits per heavy atom. The van der Waals surface area contributed by atoms with Crippen molar-refractivity contribution in [3.63, 3.8) is 0 Å². The molecule has 1 heterocycles. The van der Waals surface area contributed by atoms with Gasteiger partial charge in [0, 0.05) is 11.1 Å². The first-order valence-corrected chi connectivity index (χ1v) is 8.86. The lowest BCUT2D eigenvalue weighted by atomic mass is 9.93. The summed E-state index contributed by atoms with van der Waals surface area (Å²) in [5.74, 6) is 0.526. The summed E-state index contributed by atoms with van der Waals surface area (Å²) in [5.41, 5.74) is 0.538. The fourth-order valence-electron chi connectivity index (χ4n) is 3.11. The van der Waals surface area contributed by atoms with Gasteiger partial charge in [-0.2, -0.15) is 0 Å². The van der Waals surface area contributed by atoms with Crippen LogP contribution < -0.4 is 9.47 Å². The fraction of sp³-hybridized carbons (Fsp3) is 0.333. The molecular formula is C21H23NO6. The molecule has 7 nitrogen and oxygen atoms in total. The van der Waals surface area contributed by atoms with E-state index < -0.39 is 30.3 Å². The molecular weight excluding hydrogens is 362 g/mol. The van der Waals surface area contributed by atoms with Crippen molar-refractivity contribution in [3.8, 4) is 17.2 Å². The summed E-state index contributed by atoms with van der Waals surface area (Å²) in [5, 5.41) is 9.45. The third-order valence-electron chi connectivity index (χ3n) is 4.19. The zero-order chi connectivity index (χ0) is 20.5. The molecule has 1 N–H and O–H groups in total. The highest BCUT2D eigenvalue weighted by Gasteiger charge is 2.37. The minimum absolute atomic E-state index is 0.523. The number of benzene rings is 2. The van der Waals surface area contributed by atoms with Crippen LogP contribution >= 0.6 is 0 Å². The van der Waals surface area contributed by atoms with E-state index in [0.29, 0.717) is 28.4 Å². The van der Waals surface area contributed by atoms with Gasteiger partial charge >= 0.3 is 12.1 Å². The third-order valence-corrected chi connectivity index (χ3v) is 4.19. The van der Waals surface area contributed by atoms with E-state index in [1.807, 2.05) is 18.2 Å². The van der Waals surface area contributed by atoms with Gasteiger partial charge in [0.1, 0.15) is 29.4 Å². The summed E-state index contributed by atoms with van der Waals surface area (Å²) in [6.45, 7) is 4.68. The highest BCUT2D eigenvalue weighted by molar-refractivity contribution is 5.78. The first-order chi connectivity index (χ1) is 13.2. The lowest BCUT2D eigenvalue weighted by Crippen LogP contribution is -2.43. The van der Waals surface area contributed by atoms with E-state index in [2.05, 4.69) is 0 Å². The van der Waals surface area contributed by atoms with Crippen LogP contribution in [0.1, 0.15) is 37.9 Å². The Labute approximate surface area is 163 Å². The maximum absolute atomic E-state index is 12.9. The Hall–Kier alpha value is -3.22. The van der Waals surface area contributed by atoms with Crippen molar-refractivity contribution in [2.24, 2.45) is 0 Å². The number of ether oxygens (including phenoxy) is 3. The van der Waals surface area contributed by atoms with Crippen LogP contribution in [-0.2, 0) is 9.53 Å². The minimum Gasteiger partial charge on any atom is -0.497 e. The highest BCUT2D eigenvalue weighted by Crippen LogP contribution is 2.47. The molecule has 0 spiro atoms. The molecule has 1 aliphatic heterocycles. The van der Waals surface area contributed by atoms with Gasteiger partial charge in [0.15, 0.2) is 0 Å². The minimum atomic E-state index is -1.14. The van der Waals surface area contributed by atoms with Crippen LogP contribution in [0.25, 0.3) is 0 Å². The molecule has 0 aromatic heterocycles. The van der Waals surface area contributed by atoms with Crippen LogP contribution in [0.3, 0.4) is 0 Å². The molecule has 0 saturated carbocycles. The smallest absolute Gasteiger partial charge is 0.411 e. The van der Waals surface area contributed by atoms with Crippen LogP contribution in [0.5, 0.6) is 17.2 Å². The van der Waals surface area contributed by atoms with Gasteiger partial charge in [-0.05, 0) is 45.0 Å². The molecule has 0 saturated heterocycles. The summed E-state index contributed by atoms with van der Waals surface area (Å²) in [6.07, 6.45) is -0.717. The van der Waals surface area contributed by atoms with Crippen molar-refractivity contribution in [2.45, 2.75) is 32.4 Å². The molecule has 1 atom stereocenters. The number of aliphatic carboxylic acids is 1. The number of methoxy groups -OCH3 is 1.